The number of nitrogens with zero attached hydrogens (tertiary/aromatic N) is 1. The van der Waals surface area contributed by atoms with Gasteiger partial charge in [-0.15, -0.1) is 0 Å². The van der Waals surface area contributed by atoms with Crippen LogP contribution < -0.4 is 0 Å². The summed E-state index contributed by atoms with van der Waals surface area (Å²) in [4.78, 5) is 24.1. The Balaban J connectivity index is 2.95. The lowest BCUT2D eigenvalue weighted by molar-refractivity contribution is -0.155. The van der Waals surface area contributed by atoms with Crippen molar-refractivity contribution in [2.45, 2.75) is 25.8 Å². The van der Waals surface area contributed by atoms with Crippen molar-refractivity contribution in [3.8, 4) is 0 Å². The van der Waals surface area contributed by atoms with Gasteiger partial charge < -0.3 is 10.0 Å². The van der Waals surface area contributed by atoms with Gasteiger partial charge in [0.15, 0.2) is 0 Å². The van der Waals surface area contributed by atoms with E-state index in [1.165, 1.54) is 39.1 Å². The number of carbonyl (C=O) groups is 2. The standard InChI is InChI=1S/C13H15ClFNO3/c1-13(2,12(18)19)16(3)11(17)7-8-9(14)5-4-6-10(8)15/h4-6H,7H2,1-3H3,(H,18,19). The first kappa shape index (κ1) is 15.4. The van der Waals surface area contributed by atoms with E-state index in [4.69, 9.17) is 16.7 Å². The van der Waals surface area contributed by atoms with Crippen LogP contribution in [0.15, 0.2) is 18.2 Å². The highest BCUT2D eigenvalue weighted by Crippen LogP contribution is 2.21. The van der Waals surface area contributed by atoms with E-state index in [1.807, 2.05) is 0 Å². The molecular formula is C13H15ClFNO3. The molecule has 0 aliphatic carbocycles. The number of hydrogen-bond donors (Lipinski definition) is 1. The SMILES string of the molecule is CN(C(=O)Cc1c(F)cccc1Cl)C(C)(C)C(=O)O. The number of rotatable bonds is 4. The molecule has 6 heteroatoms. The van der Waals surface area contributed by atoms with Gasteiger partial charge in [0.05, 0.1) is 6.42 Å². The van der Waals surface area contributed by atoms with Crippen molar-refractivity contribution < 1.29 is 19.1 Å². The summed E-state index contributed by atoms with van der Waals surface area (Å²) in [6.45, 7) is 2.80. The van der Waals surface area contributed by atoms with Gasteiger partial charge in [0, 0.05) is 17.6 Å². The highest BCUT2D eigenvalue weighted by molar-refractivity contribution is 6.31. The molecule has 0 spiro atoms. The maximum atomic E-state index is 13.6. The molecule has 0 aromatic heterocycles. The topological polar surface area (TPSA) is 57.6 Å². The van der Waals surface area contributed by atoms with Gasteiger partial charge in [-0.1, -0.05) is 17.7 Å². The van der Waals surface area contributed by atoms with Crippen LogP contribution in [0.5, 0.6) is 0 Å². The monoisotopic (exact) mass is 287 g/mol. The van der Waals surface area contributed by atoms with Gasteiger partial charge in [-0.05, 0) is 26.0 Å². The average molecular weight is 288 g/mol. The summed E-state index contributed by atoms with van der Waals surface area (Å²) in [5.74, 6) is -2.23. The number of amides is 1. The van der Waals surface area contributed by atoms with Gasteiger partial charge in [-0.2, -0.15) is 0 Å². The molecule has 1 N–H and O–H groups in total. The Morgan fingerprint density at radius 3 is 2.47 bits per heavy atom. The van der Waals surface area contributed by atoms with Crippen LogP contribution in [0.3, 0.4) is 0 Å². The fraction of sp³-hybridized carbons (Fsp3) is 0.385. The normalized spacial score (nSPS) is 11.2. The van der Waals surface area contributed by atoms with Crippen molar-refractivity contribution in [1.82, 2.24) is 4.90 Å². The Bertz CT molecular complexity index is 496. The zero-order valence-corrected chi connectivity index (χ0v) is 11.7. The molecule has 0 atom stereocenters. The van der Waals surface area contributed by atoms with Crippen LogP contribution in [0.4, 0.5) is 4.39 Å². The molecule has 0 bridgehead atoms. The molecule has 0 fully saturated rings. The maximum Gasteiger partial charge on any atom is 0.329 e. The Morgan fingerprint density at radius 2 is 2.00 bits per heavy atom. The van der Waals surface area contributed by atoms with E-state index >= 15 is 0 Å². The van der Waals surface area contributed by atoms with Gasteiger partial charge in [0.2, 0.25) is 5.91 Å². The van der Waals surface area contributed by atoms with Crippen LogP contribution in [0.25, 0.3) is 0 Å². The summed E-state index contributed by atoms with van der Waals surface area (Å²) in [6.07, 6.45) is -0.279. The summed E-state index contributed by atoms with van der Waals surface area (Å²) in [7, 11) is 1.37. The molecule has 4 nitrogen and oxygen atoms in total. The van der Waals surface area contributed by atoms with Crippen LogP contribution >= 0.6 is 11.6 Å². The van der Waals surface area contributed by atoms with Gasteiger partial charge in [0.25, 0.3) is 0 Å². The largest absolute Gasteiger partial charge is 0.480 e. The van der Waals surface area contributed by atoms with Crippen LogP contribution in [0.1, 0.15) is 19.4 Å². The van der Waals surface area contributed by atoms with Crippen molar-refractivity contribution in [3.05, 3.63) is 34.6 Å². The van der Waals surface area contributed by atoms with E-state index in [0.29, 0.717) is 0 Å². The van der Waals surface area contributed by atoms with E-state index in [0.717, 1.165) is 4.90 Å². The van der Waals surface area contributed by atoms with Gasteiger partial charge in [0.1, 0.15) is 11.4 Å². The van der Waals surface area contributed by atoms with E-state index in [9.17, 15) is 14.0 Å². The number of halogens is 2. The van der Waals surface area contributed by atoms with Crippen molar-refractivity contribution in [2.24, 2.45) is 0 Å². The molecule has 0 radical (unpaired) electrons. The lowest BCUT2D eigenvalue weighted by atomic mass is 10.0. The van der Waals surface area contributed by atoms with Crippen LogP contribution in [-0.4, -0.2) is 34.5 Å². The predicted octanol–water partition coefficient (Wildman–Crippen LogP) is 2.34. The molecule has 0 aliphatic rings. The number of carboxylic acids is 1. The summed E-state index contributed by atoms with van der Waals surface area (Å²) in [5.41, 5.74) is -1.29. The highest BCUT2D eigenvalue weighted by atomic mass is 35.5. The molecule has 1 amide bonds. The molecule has 19 heavy (non-hydrogen) atoms. The number of carboxylic acid groups (broad SMARTS) is 1. The maximum absolute atomic E-state index is 13.6. The number of aliphatic carboxylic acids is 1. The zero-order chi connectivity index (χ0) is 14.8. The highest BCUT2D eigenvalue weighted by Gasteiger charge is 2.35. The number of carbonyl (C=O) groups excluding carboxylic acids is 1. The first-order valence-electron chi connectivity index (χ1n) is 5.61. The van der Waals surface area contributed by atoms with Crippen molar-refractivity contribution in [1.29, 1.82) is 0 Å². The van der Waals surface area contributed by atoms with Crippen LogP contribution in [0.2, 0.25) is 5.02 Å². The Morgan fingerprint density at radius 1 is 1.42 bits per heavy atom. The predicted molar refractivity (Wildman–Crippen MR) is 69.6 cm³/mol. The molecule has 0 heterocycles. The molecule has 1 aromatic carbocycles. The molecule has 0 aliphatic heterocycles. The molecule has 0 saturated heterocycles. The van der Waals surface area contributed by atoms with Gasteiger partial charge >= 0.3 is 5.97 Å². The molecule has 0 unspecified atom stereocenters. The molecule has 0 saturated carbocycles. The van der Waals surface area contributed by atoms with E-state index < -0.39 is 23.2 Å². The second-order valence-corrected chi connectivity index (χ2v) is 5.10. The number of benzene rings is 1. The third-order valence-electron chi connectivity index (χ3n) is 3.13. The molecule has 1 aromatic rings. The lowest BCUT2D eigenvalue weighted by Gasteiger charge is -2.31. The second kappa shape index (κ2) is 5.57. The minimum atomic E-state index is -1.37. The van der Waals surface area contributed by atoms with Crippen molar-refractivity contribution >= 4 is 23.5 Å². The van der Waals surface area contributed by atoms with Crippen molar-refractivity contribution in [3.63, 3.8) is 0 Å². The summed E-state index contributed by atoms with van der Waals surface area (Å²) in [5, 5.41) is 9.19. The Labute approximate surface area is 115 Å². The lowest BCUT2D eigenvalue weighted by Crippen LogP contribution is -2.51. The average Bonchev–Trinajstić information content (AvgIpc) is 2.32. The molecular weight excluding hydrogens is 273 g/mol. The van der Waals surface area contributed by atoms with Crippen molar-refractivity contribution in [2.75, 3.05) is 7.05 Å². The first-order valence-corrected chi connectivity index (χ1v) is 5.98. The van der Waals surface area contributed by atoms with E-state index in [1.54, 1.807) is 0 Å². The second-order valence-electron chi connectivity index (χ2n) is 4.69. The zero-order valence-electron chi connectivity index (χ0n) is 10.9. The van der Waals surface area contributed by atoms with E-state index in [-0.39, 0.29) is 17.0 Å². The quantitative estimate of drug-likeness (QED) is 0.925. The first-order chi connectivity index (χ1) is 8.67. The fourth-order valence-electron chi connectivity index (χ4n) is 1.43. The smallest absolute Gasteiger partial charge is 0.329 e. The Kier molecular flexibility index (Phi) is 4.52. The van der Waals surface area contributed by atoms with Gasteiger partial charge in [-0.25, -0.2) is 9.18 Å². The molecule has 1 rings (SSSR count). The summed E-state index contributed by atoms with van der Waals surface area (Å²) >= 11 is 5.83. The Hall–Kier alpha value is -1.62. The number of hydrogen-bond acceptors (Lipinski definition) is 2. The summed E-state index contributed by atoms with van der Waals surface area (Å²) < 4.78 is 13.6. The minimum Gasteiger partial charge on any atom is -0.480 e. The van der Waals surface area contributed by atoms with Gasteiger partial charge in [-0.3, -0.25) is 4.79 Å². The van der Waals surface area contributed by atoms with Crippen LogP contribution in [-0.2, 0) is 16.0 Å². The minimum absolute atomic E-state index is 0.0715. The summed E-state index contributed by atoms with van der Waals surface area (Å²) in [6, 6.07) is 4.13. The third-order valence-corrected chi connectivity index (χ3v) is 3.48. The molecule has 104 valence electrons. The number of likely N-dealkylation sites (N-methyl/N-ethyl adjacent to an activating group) is 1. The van der Waals surface area contributed by atoms with Crippen LogP contribution in [0, 0.1) is 5.82 Å². The fourth-order valence-corrected chi connectivity index (χ4v) is 1.66. The third kappa shape index (κ3) is 3.23. The van der Waals surface area contributed by atoms with E-state index in [2.05, 4.69) is 0 Å².